The maximum atomic E-state index is 11.7. The minimum absolute atomic E-state index is 0.0329. The highest BCUT2D eigenvalue weighted by Crippen LogP contribution is 2.21. The molecule has 0 bridgehead atoms. The molecule has 3 rings (SSSR count). The summed E-state index contributed by atoms with van der Waals surface area (Å²) in [6.07, 6.45) is 1.80. The Kier molecular flexibility index (Phi) is 8.15. The van der Waals surface area contributed by atoms with Crippen molar-refractivity contribution < 1.29 is 14.6 Å². The van der Waals surface area contributed by atoms with Crippen molar-refractivity contribution in [3.63, 3.8) is 0 Å². The highest BCUT2D eigenvalue weighted by Gasteiger charge is 2.15. The third kappa shape index (κ3) is 8.04. The summed E-state index contributed by atoms with van der Waals surface area (Å²) in [5.74, 6) is 0.961. The maximum Gasteiger partial charge on any atom is 0.407 e. The van der Waals surface area contributed by atoms with Gasteiger partial charge in [0.2, 0.25) is 5.95 Å². The number of carbonyl (C=O) groups excluding carboxylic acids is 1. The van der Waals surface area contributed by atoms with Gasteiger partial charge >= 0.3 is 6.09 Å². The van der Waals surface area contributed by atoms with Crippen molar-refractivity contribution in [3.05, 3.63) is 60.4 Å². The van der Waals surface area contributed by atoms with E-state index < -0.39 is 11.7 Å². The van der Waals surface area contributed by atoms with Gasteiger partial charge in [-0.25, -0.2) is 14.8 Å². The molecule has 2 aromatic carbocycles. The first kappa shape index (κ1) is 23.9. The number of alkyl carbamates (subject to hydrolysis) is 1. The van der Waals surface area contributed by atoms with Crippen molar-refractivity contribution in [2.75, 3.05) is 23.7 Å². The zero-order valence-corrected chi connectivity index (χ0v) is 19.1. The fourth-order valence-corrected chi connectivity index (χ4v) is 2.97. The Morgan fingerprint density at radius 1 is 1.03 bits per heavy atom. The number of aliphatic hydroxyl groups is 1. The summed E-state index contributed by atoms with van der Waals surface area (Å²) in [6, 6.07) is 15.2. The lowest BCUT2D eigenvalue weighted by Gasteiger charge is -2.19. The number of nitrogens with zero attached hydrogens (tertiary/aromatic N) is 3. The average molecular weight is 451 g/mol. The molecule has 3 aromatic rings. The van der Waals surface area contributed by atoms with E-state index in [0.29, 0.717) is 24.9 Å². The van der Waals surface area contributed by atoms with E-state index in [1.807, 2.05) is 69.3 Å². The van der Waals surface area contributed by atoms with E-state index in [1.165, 1.54) is 6.33 Å². The summed E-state index contributed by atoms with van der Waals surface area (Å²) in [7, 11) is 0. The molecule has 0 radical (unpaired) electrons. The molecule has 9 nitrogen and oxygen atoms in total. The molecule has 0 saturated heterocycles. The third-order valence-corrected chi connectivity index (χ3v) is 4.41. The summed E-state index contributed by atoms with van der Waals surface area (Å²) in [6.45, 7) is 6.67. The lowest BCUT2D eigenvalue weighted by Crippen LogP contribution is -2.33. The predicted molar refractivity (Wildman–Crippen MR) is 128 cm³/mol. The number of ether oxygens (including phenoxy) is 1. The Morgan fingerprint density at radius 3 is 2.61 bits per heavy atom. The Balaban J connectivity index is 1.55. The van der Waals surface area contributed by atoms with Gasteiger partial charge in [0, 0.05) is 30.0 Å². The van der Waals surface area contributed by atoms with Crippen molar-refractivity contribution in [1.82, 2.24) is 20.3 Å². The van der Waals surface area contributed by atoms with Crippen LogP contribution in [0.2, 0.25) is 0 Å². The average Bonchev–Trinajstić information content (AvgIpc) is 2.78. The number of anilines is 3. The number of benzene rings is 2. The number of aliphatic hydroxyl groups excluding tert-OH is 1. The molecule has 33 heavy (non-hydrogen) atoms. The van der Waals surface area contributed by atoms with Gasteiger partial charge in [-0.1, -0.05) is 24.3 Å². The van der Waals surface area contributed by atoms with Crippen LogP contribution in [0.3, 0.4) is 0 Å². The Labute approximate surface area is 193 Å². The summed E-state index contributed by atoms with van der Waals surface area (Å²) in [5.41, 5.74) is 2.86. The Bertz CT molecular complexity index is 1070. The van der Waals surface area contributed by atoms with Gasteiger partial charge in [-0.2, -0.15) is 4.98 Å². The van der Waals surface area contributed by atoms with Crippen molar-refractivity contribution in [2.45, 2.75) is 39.4 Å². The van der Waals surface area contributed by atoms with Crippen molar-refractivity contribution >= 4 is 23.4 Å². The molecule has 4 N–H and O–H groups in total. The second-order valence-electron chi connectivity index (χ2n) is 8.41. The Morgan fingerprint density at radius 2 is 1.82 bits per heavy atom. The zero-order valence-electron chi connectivity index (χ0n) is 19.1. The molecule has 0 saturated carbocycles. The van der Waals surface area contributed by atoms with E-state index in [2.05, 4.69) is 30.9 Å². The predicted octanol–water partition coefficient (Wildman–Crippen LogP) is 4.10. The van der Waals surface area contributed by atoms with E-state index in [9.17, 15) is 9.90 Å². The molecular formula is C24H30N6O3. The van der Waals surface area contributed by atoms with E-state index >= 15 is 0 Å². The molecular weight excluding hydrogens is 420 g/mol. The summed E-state index contributed by atoms with van der Waals surface area (Å²) >= 11 is 0. The number of nitrogens with one attached hydrogen (secondary N) is 3. The molecule has 1 aromatic heterocycles. The molecule has 9 heteroatoms. The molecule has 0 aliphatic heterocycles. The fraction of sp³-hybridized carbons (Fsp3) is 0.333. The van der Waals surface area contributed by atoms with Crippen LogP contribution in [0, 0.1) is 0 Å². The molecule has 1 amide bonds. The van der Waals surface area contributed by atoms with Crippen LogP contribution in [-0.2, 0) is 11.3 Å². The highest BCUT2D eigenvalue weighted by atomic mass is 16.6. The zero-order chi connectivity index (χ0) is 23.7. The van der Waals surface area contributed by atoms with E-state index in [0.717, 1.165) is 28.9 Å². The van der Waals surface area contributed by atoms with Crippen LogP contribution < -0.4 is 16.0 Å². The van der Waals surface area contributed by atoms with Crippen LogP contribution >= 0.6 is 0 Å². The second-order valence-corrected chi connectivity index (χ2v) is 8.41. The summed E-state index contributed by atoms with van der Waals surface area (Å²) < 4.78 is 5.22. The van der Waals surface area contributed by atoms with Gasteiger partial charge < -0.3 is 25.8 Å². The summed E-state index contributed by atoms with van der Waals surface area (Å²) in [5, 5.41) is 18.5. The number of aromatic nitrogens is 3. The van der Waals surface area contributed by atoms with E-state index in [-0.39, 0.29) is 6.61 Å². The van der Waals surface area contributed by atoms with Crippen LogP contribution in [-0.4, -0.2) is 44.8 Å². The molecule has 0 unspecified atom stereocenters. The molecule has 174 valence electrons. The molecule has 0 atom stereocenters. The minimum Gasteiger partial charge on any atom is -0.444 e. The van der Waals surface area contributed by atoms with Crippen molar-refractivity contribution in [2.24, 2.45) is 0 Å². The van der Waals surface area contributed by atoms with Crippen molar-refractivity contribution in [1.29, 1.82) is 0 Å². The van der Waals surface area contributed by atoms with Gasteiger partial charge in [0.15, 0.2) is 5.82 Å². The molecule has 0 fully saturated rings. The topological polar surface area (TPSA) is 121 Å². The second kappa shape index (κ2) is 11.2. The lowest BCUT2D eigenvalue weighted by molar-refractivity contribution is 0.0528. The number of amides is 1. The van der Waals surface area contributed by atoms with Gasteiger partial charge in [-0.3, -0.25) is 0 Å². The third-order valence-electron chi connectivity index (χ3n) is 4.41. The number of hydrogen-bond acceptors (Lipinski definition) is 8. The van der Waals surface area contributed by atoms with Gasteiger partial charge in [0.1, 0.15) is 11.9 Å². The van der Waals surface area contributed by atoms with Crippen LogP contribution in [0.4, 0.5) is 22.1 Å². The van der Waals surface area contributed by atoms with E-state index in [1.54, 1.807) is 0 Å². The minimum atomic E-state index is -0.503. The first-order valence-electron chi connectivity index (χ1n) is 10.8. The fourth-order valence-electron chi connectivity index (χ4n) is 2.97. The normalized spacial score (nSPS) is 11.0. The number of carbonyl (C=O) groups is 1. The standard InChI is InChI=1S/C24H30N6O3/c1-24(2,3)33-23(32)26-12-6-11-25-19-9-5-8-18(14-19)21-27-16-28-22(30-21)29-20-10-4-7-17(13-20)15-31/h4-5,7-10,13-14,16,25,31H,6,11-12,15H2,1-3H3,(H,26,32)(H,27,28,29,30). The molecule has 0 spiro atoms. The molecule has 0 aliphatic carbocycles. The van der Waals surface area contributed by atoms with Crippen LogP contribution in [0.15, 0.2) is 54.9 Å². The van der Waals surface area contributed by atoms with Crippen LogP contribution in [0.1, 0.15) is 32.8 Å². The lowest BCUT2D eigenvalue weighted by atomic mass is 10.2. The summed E-state index contributed by atoms with van der Waals surface area (Å²) in [4.78, 5) is 24.7. The van der Waals surface area contributed by atoms with Gasteiger partial charge in [0.25, 0.3) is 0 Å². The van der Waals surface area contributed by atoms with Gasteiger partial charge in [0.05, 0.1) is 6.61 Å². The highest BCUT2D eigenvalue weighted by molar-refractivity contribution is 5.67. The van der Waals surface area contributed by atoms with Crippen molar-refractivity contribution in [3.8, 4) is 11.4 Å². The first-order chi connectivity index (χ1) is 15.8. The largest absolute Gasteiger partial charge is 0.444 e. The number of rotatable bonds is 9. The monoisotopic (exact) mass is 450 g/mol. The number of hydrogen-bond donors (Lipinski definition) is 4. The SMILES string of the molecule is CC(C)(C)OC(=O)NCCCNc1cccc(-c2ncnc(Nc3cccc(CO)c3)n2)c1. The maximum absolute atomic E-state index is 11.7. The van der Waals surface area contributed by atoms with Gasteiger partial charge in [-0.05, 0) is 57.0 Å². The molecule has 1 heterocycles. The van der Waals surface area contributed by atoms with Crippen LogP contribution in [0.25, 0.3) is 11.4 Å². The van der Waals surface area contributed by atoms with Gasteiger partial charge in [-0.15, -0.1) is 0 Å². The van der Waals surface area contributed by atoms with Crippen LogP contribution in [0.5, 0.6) is 0 Å². The molecule has 0 aliphatic rings. The quantitative estimate of drug-likeness (QED) is 0.360. The first-order valence-corrected chi connectivity index (χ1v) is 10.8. The Hall–Kier alpha value is -3.72. The smallest absolute Gasteiger partial charge is 0.407 e. The van der Waals surface area contributed by atoms with E-state index in [4.69, 9.17) is 4.74 Å².